The van der Waals surface area contributed by atoms with E-state index in [0.717, 1.165) is 18.5 Å². The van der Waals surface area contributed by atoms with E-state index in [-0.39, 0.29) is 11.0 Å². The number of rotatable bonds is 4. The average molecular weight is 302 g/mol. The van der Waals surface area contributed by atoms with Crippen molar-refractivity contribution in [3.8, 4) is 0 Å². The standard InChI is InChI=1S/C15H18N4O3/c1-8-6-12(20)11(7-19(8)3)14(21)16-9(2)15-17-13(18-22-15)10-4-5-10/h6-7,9-10H,4-5H2,1-3H3,(H,16,21)/t9-/m1/s1. The fourth-order valence-corrected chi connectivity index (χ4v) is 2.17. The highest BCUT2D eigenvalue weighted by atomic mass is 16.5. The summed E-state index contributed by atoms with van der Waals surface area (Å²) in [5, 5.41) is 6.64. The average Bonchev–Trinajstić information content (AvgIpc) is 3.20. The van der Waals surface area contributed by atoms with Gasteiger partial charge in [0.2, 0.25) is 5.89 Å². The zero-order chi connectivity index (χ0) is 15.9. The summed E-state index contributed by atoms with van der Waals surface area (Å²) in [5.41, 5.74) is 0.590. The first-order valence-electron chi connectivity index (χ1n) is 7.27. The highest BCUT2D eigenvalue weighted by Gasteiger charge is 2.30. The van der Waals surface area contributed by atoms with E-state index < -0.39 is 11.9 Å². The molecule has 3 rings (SSSR count). The van der Waals surface area contributed by atoms with Crippen LogP contribution < -0.4 is 10.7 Å². The predicted octanol–water partition coefficient (Wildman–Crippen LogP) is 1.45. The second kappa shape index (κ2) is 5.40. The first-order valence-corrected chi connectivity index (χ1v) is 7.27. The largest absolute Gasteiger partial charge is 0.354 e. The zero-order valence-corrected chi connectivity index (χ0v) is 12.8. The van der Waals surface area contributed by atoms with Crippen LogP contribution in [0.1, 0.15) is 59.5 Å². The predicted molar refractivity (Wildman–Crippen MR) is 78.6 cm³/mol. The summed E-state index contributed by atoms with van der Waals surface area (Å²) in [6, 6.07) is 0.996. The van der Waals surface area contributed by atoms with Crippen LogP contribution in [0.5, 0.6) is 0 Å². The maximum Gasteiger partial charge on any atom is 0.257 e. The van der Waals surface area contributed by atoms with Gasteiger partial charge in [-0.05, 0) is 26.7 Å². The molecule has 0 unspecified atom stereocenters. The molecular weight excluding hydrogens is 284 g/mol. The maximum absolute atomic E-state index is 12.3. The number of hydrogen-bond acceptors (Lipinski definition) is 5. The van der Waals surface area contributed by atoms with Crippen LogP contribution in [0.3, 0.4) is 0 Å². The van der Waals surface area contributed by atoms with Crippen molar-refractivity contribution in [2.24, 2.45) is 7.05 Å². The minimum Gasteiger partial charge on any atom is -0.354 e. The van der Waals surface area contributed by atoms with E-state index in [9.17, 15) is 9.59 Å². The highest BCUT2D eigenvalue weighted by Crippen LogP contribution is 2.38. The Morgan fingerprint density at radius 2 is 2.23 bits per heavy atom. The van der Waals surface area contributed by atoms with E-state index in [1.807, 2.05) is 6.92 Å². The summed E-state index contributed by atoms with van der Waals surface area (Å²) in [5.74, 6) is 1.01. The molecule has 2 heterocycles. The number of hydrogen-bond donors (Lipinski definition) is 1. The lowest BCUT2D eigenvalue weighted by Crippen LogP contribution is -2.31. The number of aryl methyl sites for hydroxylation is 2. The van der Waals surface area contributed by atoms with Crippen LogP contribution in [0.15, 0.2) is 21.6 Å². The highest BCUT2D eigenvalue weighted by molar-refractivity contribution is 5.94. The smallest absolute Gasteiger partial charge is 0.257 e. The van der Waals surface area contributed by atoms with Crippen LogP contribution in [0, 0.1) is 6.92 Å². The molecule has 1 amide bonds. The summed E-state index contributed by atoms with van der Waals surface area (Å²) in [6.07, 6.45) is 3.70. The summed E-state index contributed by atoms with van der Waals surface area (Å²) in [4.78, 5) is 28.5. The number of nitrogens with zero attached hydrogens (tertiary/aromatic N) is 3. The molecule has 22 heavy (non-hydrogen) atoms. The normalized spacial score (nSPS) is 15.6. The van der Waals surface area contributed by atoms with E-state index in [1.165, 1.54) is 12.3 Å². The molecule has 1 fully saturated rings. The molecule has 116 valence electrons. The Labute approximate surface area is 127 Å². The molecule has 0 aliphatic heterocycles. The van der Waals surface area contributed by atoms with E-state index in [1.54, 1.807) is 18.5 Å². The van der Waals surface area contributed by atoms with Gasteiger partial charge in [0, 0.05) is 30.9 Å². The quantitative estimate of drug-likeness (QED) is 0.923. The van der Waals surface area contributed by atoms with Gasteiger partial charge in [0.1, 0.15) is 11.6 Å². The molecule has 0 radical (unpaired) electrons. The summed E-state index contributed by atoms with van der Waals surface area (Å²) in [7, 11) is 1.79. The lowest BCUT2D eigenvalue weighted by atomic mass is 10.2. The Morgan fingerprint density at radius 3 is 2.91 bits per heavy atom. The summed E-state index contributed by atoms with van der Waals surface area (Å²) in [6.45, 7) is 3.56. The van der Waals surface area contributed by atoms with Crippen molar-refractivity contribution in [2.45, 2.75) is 38.6 Å². The molecule has 7 nitrogen and oxygen atoms in total. The molecule has 2 aromatic heterocycles. The Morgan fingerprint density at radius 1 is 1.50 bits per heavy atom. The fourth-order valence-electron chi connectivity index (χ4n) is 2.17. The number of pyridine rings is 1. The first kappa shape index (κ1) is 14.5. The van der Waals surface area contributed by atoms with Crippen molar-refractivity contribution < 1.29 is 9.32 Å². The molecule has 1 N–H and O–H groups in total. The Hall–Kier alpha value is -2.44. The Kier molecular flexibility index (Phi) is 3.56. The van der Waals surface area contributed by atoms with E-state index >= 15 is 0 Å². The lowest BCUT2D eigenvalue weighted by molar-refractivity contribution is 0.0930. The van der Waals surface area contributed by atoms with Gasteiger partial charge in [-0.25, -0.2) is 0 Å². The topological polar surface area (TPSA) is 90.0 Å². The van der Waals surface area contributed by atoms with Gasteiger partial charge in [-0.3, -0.25) is 9.59 Å². The third-order valence-electron chi connectivity index (χ3n) is 3.85. The number of carbonyl (C=O) groups excluding carboxylic acids is 1. The molecule has 1 saturated carbocycles. The number of carbonyl (C=O) groups is 1. The van der Waals surface area contributed by atoms with Gasteiger partial charge in [-0.15, -0.1) is 0 Å². The van der Waals surface area contributed by atoms with Crippen LogP contribution in [-0.4, -0.2) is 20.6 Å². The molecule has 0 saturated heterocycles. The van der Waals surface area contributed by atoms with Gasteiger partial charge < -0.3 is 14.4 Å². The molecule has 1 aliphatic carbocycles. The van der Waals surface area contributed by atoms with E-state index in [2.05, 4.69) is 15.5 Å². The Bertz CT molecular complexity index is 773. The first-order chi connectivity index (χ1) is 10.5. The maximum atomic E-state index is 12.3. The van der Waals surface area contributed by atoms with Crippen molar-refractivity contribution in [3.63, 3.8) is 0 Å². The van der Waals surface area contributed by atoms with Crippen molar-refractivity contribution in [1.82, 2.24) is 20.0 Å². The van der Waals surface area contributed by atoms with Crippen LogP contribution in [0.4, 0.5) is 0 Å². The molecule has 2 aromatic rings. The van der Waals surface area contributed by atoms with Gasteiger partial charge >= 0.3 is 0 Å². The third-order valence-corrected chi connectivity index (χ3v) is 3.85. The van der Waals surface area contributed by atoms with Crippen LogP contribution in [0.2, 0.25) is 0 Å². The molecule has 0 bridgehead atoms. The molecule has 0 aromatic carbocycles. The minimum atomic E-state index is -0.446. The number of nitrogens with one attached hydrogen (secondary N) is 1. The van der Waals surface area contributed by atoms with Crippen LogP contribution in [0.25, 0.3) is 0 Å². The van der Waals surface area contributed by atoms with Gasteiger partial charge in [-0.1, -0.05) is 5.16 Å². The SMILES string of the molecule is Cc1cc(=O)c(C(=O)N[C@H](C)c2nc(C3CC3)no2)cn1C. The number of amides is 1. The molecule has 1 atom stereocenters. The molecule has 7 heteroatoms. The fraction of sp³-hybridized carbons (Fsp3) is 0.467. The summed E-state index contributed by atoms with van der Waals surface area (Å²) < 4.78 is 6.91. The van der Waals surface area contributed by atoms with Gasteiger partial charge in [0.15, 0.2) is 11.3 Å². The zero-order valence-electron chi connectivity index (χ0n) is 12.8. The minimum absolute atomic E-state index is 0.0990. The second-order valence-electron chi connectivity index (χ2n) is 5.76. The molecular formula is C15H18N4O3. The summed E-state index contributed by atoms with van der Waals surface area (Å²) >= 11 is 0. The molecule has 1 aliphatic rings. The van der Waals surface area contributed by atoms with Crippen LogP contribution >= 0.6 is 0 Å². The third kappa shape index (κ3) is 2.79. The number of aromatic nitrogens is 3. The van der Waals surface area contributed by atoms with Gasteiger partial charge in [-0.2, -0.15) is 4.98 Å². The monoisotopic (exact) mass is 302 g/mol. The molecule has 0 spiro atoms. The van der Waals surface area contributed by atoms with Crippen molar-refractivity contribution >= 4 is 5.91 Å². The van der Waals surface area contributed by atoms with Gasteiger partial charge in [0.25, 0.3) is 5.91 Å². The second-order valence-corrected chi connectivity index (χ2v) is 5.76. The van der Waals surface area contributed by atoms with E-state index in [4.69, 9.17) is 4.52 Å². The van der Waals surface area contributed by atoms with Crippen molar-refractivity contribution in [1.29, 1.82) is 0 Å². The lowest BCUT2D eigenvalue weighted by Gasteiger charge is -2.11. The van der Waals surface area contributed by atoms with Gasteiger partial charge in [0.05, 0.1) is 0 Å². The Balaban J connectivity index is 1.75. The van der Waals surface area contributed by atoms with Crippen LogP contribution in [-0.2, 0) is 7.05 Å². The van der Waals surface area contributed by atoms with E-state index in [0.29, 0.717) is 17.6 Å². The van der Waals surface area contributed by atoms with Crippen molar-refractivity contribution in [3.05, 3.63) is 45.5 Å². The van der Waals surface area contributed by atoms with Crippen molar-refractivity contribution in [2.75, 3.05) is 0 Å².